The number of halogens is 1. The molecule has 1 aliphatic heterocycles. The minimum Gasteiger partial charge on any atom is -0.361 e. The molecule has 2 rings (SSSR count). The van der Waals surface area contributed by atoms with Gasteiger partial charge in [-0.3, -0.25) is 9.69 Å². The first-order valence-electron chi connectivity index (χ1n) is 7.03. The quantitative estimate of drug-likeness (QED) is 0.589. The van der Waals surface area contributed by atoms with Crippen molar-refractivity contribution in [3.05, 3.63) is 28.2 Å². The Bertz CT molecular complexity index is 499. The van der Waals surface area contributed by atoms with E-state index in [9.17, 15) is 4.79 Å². The summed E-state index contributed by atoms with van der Waals surface area (Å²) >= 11 is 3.48. The zero-order valence-corrected chi connectivity index (χ0v) is 15.0. The van der Waals surface area contributed by atoms with Gasteiger partial charge in [0.05, 0.1) is 0 Å². The van der Waals surface area contributed by atoms with E-state index in [2.05, 4.69) is 41.6 Å². The molecule has 0 atom stereocenters. The molecule has 0 unspecified atom stereocenters. The summed E-state index contributed by atoms with van der Waals surface area (Å²) < 4.78 is 6.80. The number of ether oxygens (including phenoxy) is 1. The van der Waals surface area contributed by atoms with E-state index in [1.54, 1.807) is 4.90 Å². The van der Waals surface area contributed by atoms with Crippen LogP contribution in [0.25, 0.3) is 0 Å². The van der Waals surface area contributed by atoms with Crippen molar-refractivity contribution in [2.45, 2.75) is 38.5 Å². The first-order chi connectivity index (χ1) is 9.37. The van der Waals surface area contributed by atoms with Gasteiger partial charge in [0.1, 0.15) is 6.73 Å². The summed E-state index contributed by atoms with van der Waals surface area (Å²) in [4.78, 5) is 13.8. The number of aryl methyl sites for hydroxylation is 1. The first kappa shape index (κ1) is 15.7. The van der Waals surface area contributed by atoms with E-state index in [-0.39, 0.29) is 5.91 Å². The van der Waals surface area contributed by atoms with Crippen LogP contribution in [-0.4, -0.2) is 27.3 Å². The molecule has 0 spiro atoms. The predicted octanol–water partition coefficient (Wildman–Crippen LogP) is 4.04. The lowest BCUT2D eigenvalue weighted by Crippen LogP contribution is -2.37. The van der Waals surface area contributed by atoms with Crippen LogP contribution in [-0.2, 0) is 16.0 Å². The lowest BCUT2D eigenvalue weighted by atomic mass is 10.0. The molecule has 0 aromatic heterocycles. The number of carbonyl (C=O) groups is 1. The van der Waals surface area contributed by atoms with Gasteiger partial charge in [0, 0.05) is 31.3 Å². The van der Waals surface area contributed by atoms with Crippen molar-refractivity contribution < 1.29 is 9.53 Å². The molecule has 0 N–H and O–H groups in total. The highest BCUT2D eigenvalue weighted by Gasteiger charge is 2.24. The van der Waals surface area contributed by atoms with E-state index in [0.29, 0.717) is 13.2 Å². The standard InChI is InChI=1S/C15H22BrNO2Si/c1-20(2,3)9-8-19-11-17-14-6-5-13(16)10-12(14)4-7-15(17)18/h5-6,10H,4,7-9,11H2,1-3H3. The second kappa shape index (κ2) is 6.41. The van der Waals surface area contributed by atoms with Crippen molar-refractivity contribution in [2.75, 3.05) is 18.2 Å². The van der Waals surface area contributed by atoms with Gasteiger partial charge in [0.15, 0.2) is 0 Å². The predicted molar refractivity (Wildman–Crippen MR) is 88.9 cm³/mol. The number of amides is 1. The molecule has 0 fully saturated rings. The normalized spacial score (nSPS) is 15.4. The Hall–Kier alpha value is -0.653. The van der Waals surface area contributed by atoms with E-state index in [4.69, 9.17) is 4.74 Å². The second-order valence-electron chi connectivity index (χ2n) is 6.44. The maximum atomic E-state index is 12.1. The molecule has 0 radical (unpaired) electrons. The number of carbonyl (C=O) groups excluding carboxylic acids is 1. The highest BCUT2D eigenvalue weighted by Crippen LogP contribution is 2.30. The topological polar surface area (TPSA) is 29.5 Å². The summed E-state index contributed by atoms with van der Waals surface area (Å²) in [5, 5.41) is 0. The van der Waals surface area contributed by atoms with Crippen LogP contribution in [0.2, 0.25) is 25.7 Å². The Balaban J connectivity index is 1.99. The Labute approximate surface area is 130 Å². The fourth-order valence-corrected chi connectivity index (χ4v) is 3.37. The Morgan fingerprint density at radius 3 is 2.75 bits per heavy atom. The molecule has 0 aliphatic carbocycles. The van der Waals surface area contributed by atoms with Crippen molar-refractivity contribution in [1.29, 1.82) is 0 Å². The van der Waals surface area contributed by atoms with Gasteiger partial charge in [-0.05, 0) is 36.2 Å². The molecule has 1 heterocycles. The third-order valence-electron chi connectivity index (χ3n) is 3.46. The molecule has 0 bridgehead atoms. The van der Waals surface area contributed by atoms with Gasteiger partial charge in [-0.15, -0.1) is 0 Å². The van der Waals surface area contributed by atoms with Crippen molar-refractivity contribution in [2.24, 2.45) is 0 Å². The summed E-state index contributed by atoms with van der Waals surface area (Å²) in [5.74, 6) is 0.160. The van der Waals surface area contributed by atoms with E-state index < -0.39 is 8.07 Å². The van der Waals surface area contributed by atoms with Gasteiger partial charge in [-0.1, -0.05) is 35.6 Å². The first-order valence-corrected chi connectivity index (χ1v) is 11.5. The average molecular weight is 356 g/mol. The molecule has 110 valence electrons. The molecule has 1 aromatic rings. The Kier molecular flexibility index (Phi) is 5.04. The molecule has 0 saturated carbocycles. The molecule has 5 heteroatoms. The van der Waals surface area contributed by atoms with E-state index in [0.717, 1.165) is 29.2 Å². The largest absolute Gasteiger partial charge is 0.361 e. The van der Waals surface area contributed by atoms with Crippen LogP contribution in [0.5, 0.6) is 0 Å². The zero-order valence-electron chi connectivity index (χ0n) is 12.4. The van der Waals surface area contributed by atoms with Crippen LogP contribution in [0.1, 0.15) is 12.0 Å². The number of anilines is 1. The lowest BCUT2D eigenvalue weighted by molar-refractivity contribution is -0.120. The molecule has 20 heavy (non-hydrogen) atoms. The maximum absolute atomic E-state index is 12.1. The summed E-state index contributed by atoms with van der Waals surface area (Å²) in [5.41, 5.74) is 2.21. The Morgan fingerprint density at radius 1 is 1.30 bits per heavy atom. The van der Waals surface area contributed by atoms with Crippen LogP contribution in [0, 0.1) is 0 Å². The SMILES string of the molecule is C[Si](C)(C)CCOCN1C(=O)CCc2cc(Br)ccc21. The fraction of sp³-hybridized carbons (Fsp3) is 0.533. The summed E-state index contributed by atoms with van der Waals surface area (Å²) in [6, 6.07) is 7.20. The highest BCUT2D eigenvalue weighted by molar-refractivity contribution is 9.10. The number of rotatable bonds is 5. The van der Waals surface area contributed by atoms with Crippen LogP contribution >= 0.6 is 15.9 Å². The average Bonchev–Trinajstić information content (AvgIpc) is 2.35. The number of hydrogen-bond donors (Lipinski definition) is 0. The van der Waals surface area contributed by atoms with Gasteiger partial charge >= 0.3 is 0 Å². The number of benzene rings is 1. The molecule has 1 amide bonds. The zero-order chi connectivity index (χ0) is 14.8. The number of fused-ring (bicyclic) bond motifs is 1. The highest BCUT2D eigenvalue weighted by atomic mass is 79.9. The third-order valence-corrected chi connectivity index (χ3v) is 5.66. The van der Waals surface area contributed by atoms with Gasteiger partial charge in [-0.25, -0.2) is 0 Å². The van der Waals surface area contributed by atoms with Gasteiger partial charge in [0.2, 0.25) is 5.91 Å². The minimum atomic E-state index is -1.07. The lowest BCUT2D eigenvalue weighted by Gasteiger charge is -2.29. The van der Waals surface area contributed by atoms with Crippen LogP contribution in [0.4, 0.5) is 5.69 Å². The third kappa shape index (κ3) is 4.17. The maximum Gasteiger partial charge on any atom is 0.229 e. The molecule has 3 nitrogen and oxygen atoms in total. The molecular weight excluding hydrogens is 334 g/mol. The fourth-order valence-electron chi connectivity index (χ4n) is 2.20. The van der Waals surface area contributed by atoms with E-state index in [1.807, 2.05) is 12.1 Å². The minimum absolute atomic E-state index is 0.160. The molecule has 1 aromatic carbocycles. The van der Waals surface area contributed by atoms with Crippen LogP contribution in [0.3, 0.4) is 0 Å². The van der Waals surface area contributed by atoms with Crippen LogP contribution < -0.4 is 4.90 Å². The molecular formula is C15H22BrNO2Si. The van der Waals surface area contributed by atoms with Gasteiger partial charge in [0.25, 0.3) is 0 Å². The monoisotopic (exact) mass is 355 g/mol. The van der Waals surface area contributed by atoms with Gasteiger partial charge in [-0.2, -0.15) is 0 Å². The van der Waals surface area contributed by atoms with E-state index >= 15 is 0 Å². The molecule has 0 saturated heterocycles. The summed E-state index contributed by atoms with van der Waals surface area (Å²) in [7, 11) is -1.07. The Morgan fingerprint density at radius 2 is 2.05 bits per heavy atom. The smallest absolute Gasteiger partial charge is 0.229 e. The van der Waals surface area contributed by atoms with Crippen molar-refractivity contribution in [1.82, 2.24) is 0 Å². The van der Waals surface area contributed by atoms with Gasteiger partial charge < -0.3 is 4.74 Å². The second-order valence-corrected chi connectivity index (χ2v) is 13.0. The van der Waals surface area contributed by atoms with Crippen molar-refractivity contribution in [3.8, 4) is 0 Å². The van der Waals surface area contributed by atoms with E-state index in [1.165, 1.54) is 5.56 Å². The number of nitrogens with zero attached hydrogens (tertiary/aromatic N) is 1. The van der Waals surface area contributed by atoms with Crippen molar-refractivity contribution >= 4 is 35.6 Å². The summed E-state index contributed by atoms with van der Waals surface area (Å²) in [6.45, 7) is 8.10. The number of hydrogen-bond acceptors (Lipinski definition) is 2. The summed E-state index contributed by atoms with van der Waals surface area (Å²) in [6.07, 6.45) is 1.39. The van der Waals surface area contributed by atoms with Crippen molar-refractivity contribution in [3.63, 3.8) is 0 Å². The molecule has 1 aliphatic rings. The van der Waals surface area contributed by atoms with Crippen LogP contribution in [0.15, 0.2) is 22.7 Å².